The third-order valence-corrected chi connectivity index (χ3v) is 7.19. The molecular formula is C26H21BrN2O3S. The number of nitrogens with zero attached hydrogens (tertiary/aromatic N) is 2. The SMILES string of the molecule is COc1cc(C=c2sc3nc4cc(C)c(C)cc4n3c2=O)cc(Br)c1OCc1ccccc1. The smallest absolute Gasteiger partial charge is 0.274 e. The highest BCUT2D eigenvalue weighted by Gasteiger charge is 2.14. The summed E-state index contributed by atoms with van der Waals surface area (Å²) >= 11 is 4.99. The maximum absolute atomic E-state index is 13.2. The van der Waals surface area contributed by atoms with Gasteiger partial charge in [0.2, 0.25) is 0 Å². The number of imidazole rings is 1. The summed E-state index contributed by atoms with van der Waals surface area (Å²) in [6, 6.07) is 17.8. The van der Waals surface area contributed by atoms with Gasteiger partial charge in [0.15, 0.2) is 16.5 Å². The van der Waals surface area contributed by atoms with Gasteiger partial charge in [0.05, 0.1) is 27.1 Å². The van der Waals surface area contributed by atoms with Crippen molar-refractivity contribution in [1.29, 1.82) is 0 Å². The summed E-state index contributed by atoms with van der Waals surface area (Å²) in [6.07, 6.45) is 1.86. The molecule has 0 radical (unpaired) electrons. The Balaban J connectivity index is 1.55. The van der Waals surface area contributed by atoms with E-state index in [1.54, 1.807) is 11.5 Å². The number of hydrogen-bond donors (Lipinski definition) is 0. The first-order valence-electron chi connectivity index (χ1n) is 10.4. The average molecular weight is 521 g/mol. The van der Waals surface area contributed by atoms with Crippen LogP contribution in [-0.4, -0.2) is 16.5 Å². The number of methoxy groups -OCH3 is 1. The van der Waals surface area contributed by atoms with Crippen LogP contribution in [0.5, 0.6) is 11.5 Å². The normalized spacial score (nSPS) is 12.1. The lowest BCUT2D eigenvalue weighted by molar-refractivity contribution is 0.282. The molecular weight excluding hydrogens is 500 g/mol. The molecule has 0 atom stereocenters. The number of hydrogen-bond acceptors (Lipinski definition) is 5. The number of halogens is 1. The molecule has 5 rings (SSSR count). The van der Waals surface area contributed by atoms with Crippen LogP contribution < -0.4 is 19.6 Å². The molecule has 2 heterocycles. The summed E-state index contributed by atoms with van der Waals surface area (Å²) in [7, 11) is 1.61. The molecule has 0 aliphatic carbocycles. The second-order valence-electron chi connectivity index (χ2n) is 7.88. The molecule has 0 amide bonds. The van der Waals surface area contributed by atoms with E-state index in [0.717, 1.165) is 32.2 Å². The second kappa shape index (κ2) is 8.65. The van der Waals surface area contributed by atoms with E-state index in [9.17, 15) is 4.79 Å². The van der Waals surface area contributed by atoms with Gasteiger partial charge in [0.25, 0.3) is 5.56 Å². The Kier molecular flexibility index (Phi) is 5.68. The molecule has 0 aliphatic heterocycles. The Morgan fingerprint density at radius 1 is 1.09 bits per heavy atom. The van der Waals surface area contributed by atoms with Gasteiger partial charge in [-0.1, -0.05) is 41.7 Å². The highest BCUT2D eigenvalue weighted by atomic mass is 79.9. The largest absolute Gasteiger partial charge is 0.493 e. The lowest BCUT2D eigenvalue weighted by atomic mass is 10.1. The predicted molar refractivity (Wildman–Crippen MR) is 137 cm³/mol. The molecule has 0 aliphatic rings. The molecule has 0 spiro atoms. The van der Waals surface area contributed by atoms with E-state index in [4.69, 9.17) is 9.47 Å². The Bertz CT molecular complexity index is 1610. The van der Waals surface area contributed by atoms with E-state index in [2.05, 4.69) is 27.8 Å². The summed E-state index contributed by atoms with van der Waals surface area (Å²) in [4.78, 5) is 18.6. The predicted octanol–water partition coefficient (Wildman–Crippen LogP) is 5.42. The number of ether oxygens (including phenoxy) is 2. The molecule has 0 unspecified atom stereocenters. The van der Waals surface area contributed by atoms with Crippen LogP contribution >= 0.6 is 27.3 Å². The highest BCUT2D eigenvalue weighted by Crippen LogP contribution is 2.37. The van der Waals surface area contributed by atoms with Crippen molar-refractivity contribution >= 4 is 49.3 Å². The van der Waals surface area contributed by atoms with Crippen LogP contribution in [0.15, 0.2) is 63.9 Å². The lowest BCUT2D eigenvalue weighted by Gasteiger charge is -2.13. The Labute approximate surface area is 203 Å². The third kappa shape index (κ3) is 4.03. The minimum absolute atomic E-state index is 0.0692. The van der Waals surface area contributed by atoms with Crippen LogP contribution in [0.3, 0.4) is 0 Å². The van der Waals surface area contributed by atoms with Crippen LogP contribution in [0, 0.1) is 13.8 Å². The number of fused-ring (bicyclic) bond motifs is 3. The quantitative estimate of drug-likeness (QED) is 0.310. The number of benzene rings is 3. The van der Waals surface area contributed by atoms with Gasteiger partial charge in [-0.05, 0) is 82.4 Å². The Morgan fingerprint density at radius 2 is 1.85 bits per heavy atom. The first-order valence-corrected chi connectivity index (χ1v) is 12.0. The number of thiazole rings is 1. The van der Waals surface area contributed by atoms with Crippen LogP contribution in [0.25, 0.3) is 22.1 Å². The van der Waals surface area contributed by atoms with Crippen molar-refractivity contribution in [3.8, 4) is 11.5 Å². The van der Waals surface area contributed by atoms with Crippen molar-refractivity contribution in [1.82, 2.24) is 9.38 Å². The number of aromatic nitrogens is 2. The lowest BCUT2D eigenvalue weighted by Crippen LogP contribution is -2.22. The van der Waals surface area contributed by atoms with Gasteiger partial charge in [0.1, 0.15) is 6.61 Å². The molecule has 5 aromatic rings. The average Bonchev–Trinajstić information content (AvgIpc) is 3.29. The molecule has 0 saturated carbocycles. The minimum atomic E-state index is -0.0692. The maximum atomic E-state index is 13.2. The van der Waals surface area contributed by atoms with Crippen molar-refractivity contribution < 1.29 is 9.47 Å². The summed E-state index contributed by atoms with van der Waals surface area (Å²) < 4.78 is 14.7. The van der Waals surface area contributed by atoms with Crippen molar-refractivity contribution in [2.24, 2.45) is 0 Å². The first kappa shape index (κ1) is 21.7. The summed E-state index contributed by atoms with van der Waals surface area (Å²) in [5.74, 6) is 1.22. The van der Waals surface area contributed by atoms with Gasteiger partial charge < -0.3 is 9.47 Å². The number of aryl methyl sites for hydroxylation is 2. The molecule has 3 aromatic carbocycles. The molecule has 2 aromatic heterocycles. The van der Waals surface area contributed by atoms with Crippen LogP contribution in [0.4, 0.5) is 0 Å². The molecule has 0 saturated heterocycles. The standard InChI is InChI=1S/C26H21BrN2O3S/c1-15-9-20-21(10-16(15)2)29-25(30)23(33-26(29)28-20)13-18-11-19(27)24(22(12-18)31-3)32-14-17-7-5-4-6-8-17/h4-13H,14H2,1-3H3. The van der Waals surface area contributed by atoms with E-state index in [-0.39, 0.29) is 5.56 Å². The van der Waals surface area contributed by atoms with Gasteiger partial charge in [-0.25, -0.2) is 9.38 Å². The van der Waals surface area contributed by atoms with Crippen molar-refractivity contribution in [3.05, 3.63) is 96.2 Å². The van der Waals surface area contributed by atoms with Crippen molar-refractivity contribution in [2.75, 3.05) is 7.11 Å². The third-order valence-electron chi connectivity index (χ3n) is 5.63. The van der Waals surface area contributed by atoms with Crippen molar-refractivity contribution in [2.45, 2.75) is 20.5 Å². The molecule has 0 N–H and O–H groups in total. The minimum Gasteiger partial charge on any atom is -0.493 e. The zero-order valence-corrected chi connectivity index (χ0v) is 20.8. The van der Waals surface area contributed by atoms with Gasteiger partial charge in [-0.2, -0.15) is 0 Å². The zero-order valence-electron chi connectivity index (χ0n) is 18.4. The molecule has 5 nitrogen and oxygen atoms in total. The first-order chi connectivity index (χ1) is 15.9. The van der Waals surface area contributed by atoms with E-state index >= 15 is 0 Å². The second-order valence-corrected chi connectivity index (χ2v) is 9.74. The fraction of sp³-hybridized carbons (Fsp3) is 0.154. The summed E-state index contributed by atoms with van der Waals surface area (Å²) in [5.41, 5.74) is 5.83. The Hall–Kier alpha value is -3.16. The van der Waals surface area contributed by atoms with Gasteiger partial charge in [-0.3, -0.25) is 4.79 Å². The van der Waals surface area contributed by atoms with E-state index in [1.165, 1.54) is 16.9 Å². The van der Waals surface area contributed by atoms with Gasteiger partial charge >= 0.3 is 0 Å². The number of rotatable bonds is 5. The van der Waals surface area contributed by atoms with E-state index in [1.807, 2.05) is 67.6 Å². The maximum Gasteiger partial charge on any atom is 0.274 e. The molecule has 0 fully saturated rings. The monoisotopic (exact) mass is 520 g/mol. The molecule has 0 bridgehead atoms. The topological polar surface area (TPSA) is 52.8 Å². The van der Waals surface area contributed by atoms with Crippen LogP contribution in [0.1, 0.15) is 22.3 Å². The van der Waals surface area contributed by atoms with E-state index in [0.29, 0.717) is 27.6 Å². The Morgan fingerprint density at radius 3 is 2.61 bits per heavy atom. The van der Waals surface area contributed by atoms with Gasteiger partial charge in [-0.15, -0.1) is 0 Å². The summed E-state index contributed by atoms with van der Waals surface area (Å²) in [6.45, 7) is 4.53. The fourth-order valence-corrected chi connectivity index (χ4v) is 5.32. The van der Waals surface area contributed by atoms with E-state index < -0.39 is 0 Å². The molecule has 33 heavy (non-hydrogen) atoms. The summed E-state index contributed by atoms with van der Waals surface area (Å²) in [5, 5.41) is 0. The van der Waals surface area contributed by atoms with Gasteiger partial charge in [0, 0.05) is 0 Å². The van der Waals surface area contributed by atoms with Crippen molar-refractivity contribution in [3.63, 3.8) is 0 Å². The molecule has 7 heteroatoms. The zero-order chi connectivity index (χ0) is 23.1. The fourth-order valence-electron chi connectivity index (χ4n) is 3.76. The molecule has 166 valence electrons. The highest BCUT2D eigenvalue weighted by molar-refractivity contribution is 9.10. The van der Waals surface area contributed by atoms with Crippen LogP contribution in [0.2, 0.25) is 0 Å². The van der Waals surface area contributed by atoms with Crippen LogP contribution in [-0.2, 0) is 6.61 Å².